The first-order valence-corrected chi connectivity index (χ1v) is 16.5. The van der Waals surface area contributed by atoms with Crippen LogP contribution in [0.2, 0.25) is 0 Å². The second kappa shape index (κ2) is 27.3. The minimum atomic E-state index is -0.840. The molecule has 0 aromatic heterocycles. The summed E-state index contributed by atoms with van der Waals surface area (Å²) in [7, 11) is 0. The molecule has 0 amide bonds. The van der Waals surface area contributed by atoms with Crippen molar-refractivity contribution in [1.82, 2.24) is 0 Å². The second-order valence-electron chi connectivity index (χ2n) is 11.8. The van der Waals surface area contributed by atoms with Gasteiger partial charge in [-0.1, -0.05) is 109 Å². The maximum Gasteiger partial charge on any atom is 0.303 e. The van der Waals surface area contributed by atoms with Gasteiger partial charge < -0.3 is 19.8 Å². The number of unbranched alkanes of at least 4 members (excludes halogenated alkanes) is 16. The van der Waals surface area contributed by atoms with Crippen molar-refractivity contribution in [2.45, 2.75) is 155 Å². The fourth-order valence-corrected chi connectivity index (χ4v) is 5.53. The van der Waals surface area contributed by atoms with E-state index in [1.165, 1.54) is 96.3 Å². The van der Waals surface area contributed by atoms with Gasteiger partial charge in [0.15, 0.2) is 0 Å². The molecule has 3 N–H and O–H groups in total. The Hall–Kier alpha value is -1.89. The van der Waals surface area contributed by atoms with Gasteiger partial charge in [0.05, 0.1) is 45.4 Å². The zero-order valence-electron chi connectivity index (χ0n) is 25.8. The van der Waals surface area contributed by atoms with Crippen molar-refractivity contribution in [3.8, 4) is 0 Å². The van der Waals surface area contributed by atoms with Crippen LogP contribution in [-0.2, 0) is 14.4 Å². The van der Waals surface area contributed by atoms with E-state index in [9.17, 15) is 14.4 Å². The molecule has 0 unspecified atom stereocenters. The Balaban J connectivity index is 4.19. The largest absolute Gasteiger partial charge is 0.481 e. The van der Waals surface area contributed by atoms with Crippen LogP contribution < -0.4 is 0 Å². The molecular weight excluding hydrogens is 506 g/mol. The van der Waals surface area contributed by atoms with Crippen LogP contribution in [0.4, 0.5) is 0 Å². The fraction of sp³-hybridized carbons (Fsp3) is 0.848. The highest BCUT2D eigenvalue weighted by atomic mass is 16.4. The number of carboxylic acid groups (broad SMARTS) is 3. The first kappa shape index (κ1) is 38.1. The zero-order valence-corrected chi connectivity index (χ0v) is 25.8. The van der Waals surface area contributed by atoms with Gasteiger partial charge in [0.2, 0.25) is 0 Å². The Labute approximate surface area is 245 Å². The van der Waals surface area contributed by atoms with Crippen LogP contribution in [0.15, 0.2) is 12.2 Å². The van der Waals surface area contributed by atoms with Gasteiger partial charge >= 0.3 is 17.9 Å². The standard InChI is InChI=1S/C33H61NO6/c1-2-3-4-5-6-7-8-9-10-11-12-13-14-15-16-17-18-19-20-27-34(28-21-24-31(35)36,29-22-25-32(37)38)30-23-26-33(39)40/h19-20H,2-18,21-30H2,1H3,(H2-,35,36,37,38,39,40)/p+1/b20-19+. The molecule has 0 heterocycles. The maximum absolute atomic E-state index is 11.1. The Morgan fingerprint density at radius 3 is 1.12 bits per heavy atom. The number of allylic oxidation sites excluding steroid dienone is 1. The maximum atomic E-state index is 11.1. The Bertz CT molecular complexity index is 613. The van der Waals surface area contributed by atoms with Gasteiger partial charge in [-0.15, -0.1) is 0 Å². The van der Waals surface area contributed by atoms with Gasteiger partial charge in [0.1, 0.15) is 0 Å². The number of rotatable bonds is 31. The lowest BCUT2D eigenvalue weighted by Gasteiger charge is -2.38. The lowest BCUT2D eigenvalue weighted by molar-refractivity contribution is -0.923. The highest BCUT2D eigenvalue weighted by Crippen LogP contribution is 2.17. The molecule has 0 spiro atoms. The lowest BCUT2D eigenvalue weighted by atomic mass is 10.0. The summed E-state index contributed by atoms with van der Waals surface area (Å²) in [6, 6.07) is 0. The average molecular weight is 569 g/mol. The number of carboxylic acids is 3. The van der Waals surface area contributed by atoms with Gasteiger partial charge in [-0.2, -0.15) is 0 Å². The summed E-state index contributed by atoms with van der Waals surface area (Å²) in [6.45, 7) is 4.82. The van der Waals surface area contributed by atoms with E-state index in [2.05, 4.69) is 19.1 Å². The van der Waals surface area contributed by atoms with Crippen molar-refractivity contribution < 1.29 is 34.2 Å². The van der Waals surface area contributed by atoms with Gasteiger partial charge in [0.25, 0.3) is 0 Å². The first-order chi connectivity index (χ1) is 19.3. The average Bonchev–Trinajstić information content (AvgIpc) is 2.89. The Morgan fingerprint density at radius 2 is 0.800 bits per heavy atom. The lowest BCUT2D eigenvalue weighted by Crippen LogP contribution is -2.50. The van der Waals surface area contributed by atoms with E-state index in [4.69, 9.17) is 15.3 Å². The predicted molar refractivity (Wildman–Crippen MR) is 164 cm³/mol. The van der Waals surface area contributed by atoms with Gasteiger partial charge in [-0.05, 0) is 18.9 Å². The summed E-state index contributed by atoms with van der Waals surface area (Å²) >= 11 is 0. The summed E-state index contributed by atoms with van der Waals surface area (Å²) in [6.07, 6.45) is 28.7. The number of nitrogens with zero attached hydrogens (tertiary/aromatic N) is 1. The molecule has 7 nitrogen and oxygen atoms in total. The summed E-state index contributed by atoms with van der Waals surface area (Å²) in [4.78, 5) is 33.2. The smallest absolute Gasteiger partial charge is 0.303 e. The number of quaternary nitrogens is 1. The monoisotopic (exact) mass is 568 g/mol. The summed E-state index contributed by atoms with van der Waals surface area (Å²) in [5, 5.41) is 27.2. The SMILES string of the molecule is CCCCCCCCCCCCCCCCCC/C=C/C[N+](CCCC(=O)O)(CCCC(=O)O)CCCC(=O)O. The van der Waals surface area contributed by atoms with Crippen LogP contribution in [-0.4, -0.2) is 63.9 Å². The van der Waals surface area contributed by atoms with Crippen LogP contribution in [0.3, 0.4) is 0 Å². The number of hydrogen-bond donors (Lipinski definition) is 3. The fourth-order valence-electron chi connectivity index (χ4n) is 5.53. The van der Waals surface area contributed by atoms with Gasteiger partial charge in [-0.3, -0.25) is 14.4 Å². The number of carbonyl (C=O) groups is 3. The minimum Gasteiger partial charge on any atom is -0.481 e. The van der Waals surface area contributed by atoms with Crippen molar-refractivity contribution in [1.29, 1.82) is 0 Å². The molecule has 7 heteroatoms. The molecule has 0 radical (unpaired) electrons. The van der Waals surface area contributed by atoms with E-state index in [0.717, 1.165) is 12.8 Å². The van der Waals surface area contributed by atoms with E-state index in [0.29, 0.717) is 49.9 Å². The molecule has 0 aliphatic rings. The quantitative estimate of drug-likeness (QED) is 0.0438. The summed E-state index contributed by atoms with van der Waals surface area (Å²) < 4.78 is 0.559. The molecule has 0 bridgehead atoms. The molecule has 0 fully saturated rings. The van der Waals surface area contributed by atoms with Crippen LogP contribution in [0.25, 0.3) is 0 Å². The van der Waals surface area contributed by atoms with E-state index in [-0.39, 0.29) is 19.3 Å². The molecule has 0 aliphatic carbocycles. The molecular formula is C33H62NO6+. The molecule has 0 aliphatic heterocycles. The molecule has 0 aromatic carbocycles. The molecule has 0 atom stereocenters. The predicted octanol–water partition coefficient (Wildman–Crippen LogP) is 8.61. The number of hydrogen-bond acceptors (Lipinski definition) is 3. The van der Waals surface area contributed by atoms with E-state index in [1.54, 1.807) is 0 Å². The molecule has 0 rings (SSSR count). The highest BCUT2D eigenvalue weighted by molar-refractivity contribution is 5.67. The van der Waals surface area contributed by atoms with Crippen molar-refractivity contribution in [3.63, 3.8) is 0 Å². The zero-order chi connectivity index (χ0) is 29.7. The topological polar surface area (TPSA) is 112 Å². The van der Waals surface area contributed by atoms with Gasteiger partial charge in [-0.25, -0.2) is 0 Å². The van der Waals surface area contributed by atoms with Crippen molar-refractivity contribution in [2.75, 3.05) is 26.2 Å². The summed E-state index contributed by atoms with van der Waals surface area (Å²) in [5.74, 6) is -2.52. The Kier molecular flexibility index (Phi) is 26.0. The van der Waals surface area contributed by atoms with Crippen LogP contribution in [0.1, 0.15) is 155 Å². The van der Waals surface area contributed by atoms with E-state index < -0.39 is 17.9 Å². The minimum absolute atomic E-state index is 0.0702. The first-order valence-electron chi connectivity index (χ1n) is 16.5. The highest BCUT2D eigenvalue weighted by Gasteiger charge is 2.26. The van der Waals surface area contributed by atoms with Crippen LogP contribution >= 0.6 is 0 Å². The molecule has 0 saturated heterocycles. The molecule has 0 saturated carbocycles. The van der Waals surface area contributed by atoms with Crippen molar-refractivity contribution >= 4 is 17.9 Å². The number of aliphatic carboxylic acids is 3. The van der Waals surface area contributed by atoms with E-state index in [1.807, 2.05) is 0 Å². The second-order valence-corrected chi connectivity index (χ2v) is 11.8. The third kappa shape index (κ3) is 26.3. The molecule has 0 aromatic rings. The Morgan fingerprint density at radius 1 is 0.475 bits per heavy atom. The third-order valence-corrected chi connectivity index (χ3v) is 7.95. The van der Waals surface area contributed by atoms with E-state index >= 15 is 0 Å². The normalized spacial score (nSPS) is 11.8. The molecule has 40 heavy (non-hydrogen) atoms. The van der Waals surface area contributed by atoms with Crippen molar-refractivity contribution in [2.24, 2.45) is 0 Å². The van der Waals surface area contributed by atoms with Crippen molar-refractivity contribution in [3.05, 3.63) is 12.2 Å². The van der Waals surface area contributed by atoms with Crippen LogP contribution in [0, 0.1) is 0 Å². The third-order valence-electron chi connectivity index (χ3n) is 7.95. The van der Waals surface area contributed by atoms with Crippen LogP contribution in [0.5, 0.6) is 0 Å². The summed E-state index contributed by atoms with van der Waals surface area (Å²) in [5.41, 5.74) is 0. The van der Waals surface area contributed by atoms with Gasteiger partial charge in [0, 0.05) is 19.3 Å². The molecule has 234 valence electrons.